The number of carbonyl (C=O) groups excluding carboxylic acids is 1. The molecule has 0 aliphatic heterocycles. The number of nitrogens with zero attached hydrogens (tertiary/aromatic N) is 3. The van der Waals surface area contributed by atoms with Crippen molar-refractivity contribution in [3.63, 3.8) is 0 Å². The van der Waals surface area contributed by atoms with Crippen molar-refractivity contribution in [1.82, 2.24) is 20.6 Å². The lowest BCUT2D eigenvalue weighted by Crippen LogP contribution is -2.48. The van der Waals surface area contributed by atoms with Crippen molar-refractivity contribution in [2.75, 3.05) is 0 Å². The molecule has 0 bridgehead atoms. The second-order valence-electron chi connectivity index (χ2n) is 7.11. The van der Waals surface area contributed by atoms with Gasteiger partial charge >= 0.3 is 6.03 Å². The van der Waals surface area contributed by atoms with E-state index in [1.165, 1.54) is 0 Å². The van der Waals surface area contributed by atoms with Crippen molar-refractivity contribution in [2.24, 2.45) is 0 Å². The van der Waals surface area contributed by atoms with Crippen LogP contribution in [0.1, 0.15) is 42.8 Å². The number of nitrogens with one attached hydrogen (secondary N) is 2. The van der Waals surface area contributed by atoms with E-state index in [2.05, 4.69) is 38.8 Å². The Labute approximate surface area is 163 Å². The van der Waals surface area contributed by atoms with Crippen molar-refractivity contribution >= 4 is 16.8 Å². The third-order valence-electron chi connectivity index (χ3n) is 5.38. The van der Waals surface area contributed by atoms with E-state index in [-0.39, 0.29) is 11.9 Å². The highest BCUT2D eigenvalue weighted by atomic mass is 16.2. The van der Waals surface area contributed by atoms with Crippen molar-refractivity contribution < 1.29 is 4.79 Å². The number of amides is 2. The molecule has 1 aromatic heterocycles. The summed E-state index contributed by atoms with van der Waals surface area (Å²) in [6.07, 6.45) is 5.20. The quantitative estimate of drug-likeness (QED) is 0.730. The van der Waals surface area contributed by atoms with Gasteiger partial charge in [-0.15, -0.1) is 0 Å². The van der Waals surface area contributed by atoms with Crippen LogP contribution in [0.2, 0.25) is 0 Å². The average Bonchev–Trinajstić information content (AvgIpc) is 3.22. The van der Waals surface area contributed by atoms with Crippen LogP contribution in [0.15, 0.2) is 54.7 Å². The number of rotatable bonds is 4. The second-order valence-corrected chi connectivity index (χ2v) is 7.11. The zero-order valence-electron chi connectivity index (χ0n) is 15.5. The van der Waals surface area contributed by atoms with E-state index in [0.717, 1.165) is 42.0 Å². The number of nitriles is 1. The average molecular weight is 371 g/mol. The molecule has 0 unspecified atom stereocenters. The molecule has 140 valence electrons. The lowest BCUT2D eigenvalue weighted by Gasteiger charge is -2.29. The minimum absolute atomic E-state index is 0.127. The van der Waals surface area contributed by atoms with Crippen molar-refractivity contribution in [1.29, 1.82) is 5.26 Å². The number of benzene rings is 2. The highest BCUT2D eigenvalue weighted by molar-refractivity contribution is 5.86. The number of carbonyl (C=O) groups is 1. The molecule has 6 nitrogen and oxygen atoms in total. The summed E-state index contributed by atoms with van der Waals surface area (Å²) >= 11 is 0. The number of hydrogen-bond donors (Lipinski definition) is 2. The summed E-state index contributed by atoms with van der Waals surface area (Å²) in [5.41, 5.74) is 1.23. The van der Waals surface area contributed by atoms with Gasteiger partial charge in [-0.2, -0.15) is 5.26 Å². The smallest absolute Gasteiger partial charge is 0.315 e. The van der Waals surface area contributed by atoms with Crippen molar-refractivity contribution in [2.45, 2.75) is 37.8 Å². The largest absolute Gasteiger partial charge is 0.334 e. The Hall–Kier alpha value is -3.46. The summed E-state index contributed by atoms with van der Waals surface area (Å²) in [4.78, 5) is 21.0. The number of aromatic nitrogens is 2. The van der Waals surface area contributed by atoms with Gasteiger partial charge in [-0.25, -0.2) is 14.8 Å². The van der Waals surface area contributed by atoms with Crippen LogP contribution in [0.3, 0.4) is 0 Å². The zero-order chi connectivity index (χ0) is 19.4. The van der Waals surface area contributed by atoms with Crippen molar-refractivity contribution in [3.05, 3.63) is 71.8 Å². The molecule has 6 heteroatoms. The van der Waals surface area contributed by atoms with E-state index in [9.17, 15) is 4.79 Å². The Bertz CT molecular complexity index is 1040. The van der Waals surface area contributed by atoms with E-state index in [4.69, 9.17) is 5.26 Å². The van der Waals surface area contributed by atoms with Crippen LogP contribution in [0.4, 0.5) is 4.79 Å². The van der Waals surface area contributed by atoms with E-state index in [1.807, 2.05) is 30.3 Å². The molecule has 0 spiro atoms. The van der Waals surface area contributed by atoms with Gasteiger partial charge in [-0.3, -0.25) is 0 Å². The minimum Gasteiger partial charge on any atom is -0.334 e. The first kappa shape index (κ1) is 17.9. The molecule has 2 N–H and O–H groups in total. The molecule has 4 rings (SSSR count). The molecule has 1 heterocycles. The lowest BCUT2D eigenvalue weighted by molar-refractivity contribution is 0.223. The van der Waals surface area contributed by atoms with Gasteiger partial charge < -0.3 is 10.6 Å². The Kier molecular flexibility index (Phi) is 4.90. The first-order chi connectivity index (χ1) is 13.7. The Balaban J connectivity index is 1.50. The van der Waals surface area contributed by atoms with Gasteiger partial charge in [-0.05, 0) is 35.2 Å². The molecule has 1 aliphatic rings. The summed E-state index contributed by atoms with van der Waals surface area (Å²) in [6, 6.07) is 17.8. The fourth-order valence-corrected chi connectivity index (χ4v) is 3.99. The van der Waals surface area contributed by atoms with Crippen LogP contribution < -0.4 is 10.6 Å². The molecule has 0 atom stereocenters. The van der Waals surface area contributed by atoms with Gasteiger partial charge in [-0.1, -0.05) is 55.3 Å². The second kappa shape index (κ2) is 7.65. The Morgan fingerprint density at radius 1 is 1.11 bits per heavy atom. The molecular weight excluding hydrogens is 350 g/mol. The van der Waals surface area contributed by atoms with E-state index < -0.39 is 5.54 Å². The summed E-state index contributed by atoms with van der Waals surface area (Å²) in [6.45, 7) is 0.441. The van der Waals surface area contributed by atoms with Crippen LogP contribution in [0.5, 0.6) is 0 Å². The molecular formula is C22H21N5O. The van der Waals surface area contributed by atoms with Crippen LogP contribution in [0, 0.1) is 11.3 Å². The molecule has 28 heavy (non-hydrogen) atoms. The summed E-state index contributed by atoms with van der Waals surface area (Å²) in [5.74, 6) is 0.127. The fraction of sp³-hybridized carbons (Fsp3) is 0.273. The zero-order valence-corrected chi connectivity index (χ0v) is 15.5. The topological polar surface area (TPSA) is 90.7 Å². The standard InChI is InChI=1S/C22H21N5O/c23-14-20-24-13-10-19(26-20)22(11-3-4-12-22)27-21(28)25-15-17-8-5-7-16-6-1-2-9-18(16)17/h1-2,5-10,13H,3-4,11-12,15H2,(H2,25,27,28). The first-order valence-electron chi connectivity index (χ1n) is 9.46. The SMILES string of the molecule is N#Cc1nccc(C2(NC(=O)NCc3cccc4ccccc34)CCCC2)n1. The van der Waals surface area contributed by atoms with Crippen molar-refractivity contribution in [3.8, 4) is 6.07 Å². The van der Waals surface area contributed by atoms with E-state index in [0.29, 0.717) is 12.2 Å². The number of urea groups is 1. The van der Waals surface area contributed by atoms with Gasteiger partial charge in [0.1, 0.15) is 6.07 Å². The van der Waals surface area contributed by atoms with Gasteiger partial charge in [0, 0.05) is 12.7 Å². The van der Waals surface area contributed by atoms with E-state index in [1.54, 1.807) is 12.3 Å². The third kappa shape index (κ3) is 3.52. The van der Waals surface area contributed by atoms with Gasteiger partial charge in [0.05, 0.1) is 11.2 Å². The molecule has 0 saturated heterocycles. The molecule has 1 fully saturated rings. The lowest BCUT2D eigenvalue weighted by atomic mass is 9.93. The maximum atomic E-state index is 12.7. The van der Waals surface area contributed by atoms with Gasteiger partial charge in [0.25, 0.3) is 0 Å². The van der Waals surface area contributed by atoms with Crippen LogP contribution in [-0.2, 0) is 12.1 Å². The van der Waals surface area contributed by atoms with Gasteiger partial charge in [0.15, 0.2) is 0 Å². The first-order valence-corrected chi connectivity index (χ1v) is 9.46. The van der Waals surface area contributed by atoms with Gasteiger partial charge in [0.2, 0.25) is 5.82 Å². The predicted octanol–water partition coefficient (Wildman–Crippen LogP) is 3.77. The molecule has 1 aliphatic carbocycles. The summed E-state index contributed by atoms with van der Waals surface area (Å²) in [7, 11) is 0. The maximum Gasteiger partial charge on any atom is 0.315 e. The molecule has 0 radical (unpaired) electrons. The number of hydrogen-bond acceptors (Lipinski definition) is 4. The molecule has 2 aromatic carbocycles. The Morgan fingerprint density at radius 3 is 2.71 bits per heavy atom. The Morgan fingerprint density at radius 2 is 1.89 bits per heavy atom. The minimum atomic E-state index is -0.544. The van der Waals surface area contributed by atoms with Crippen LogP contribution >= 0.6 is 0 Å². The molecule has 2 amide bonds. The monoisotopic (exact) mass is 371 g/mol. The van der Waals surface area contributed by atoms with Crippen LogP contribution in [-0.4, -0.2) is 16.0 Å². The predicted molar refractivity (Wildman–Crippen MR) is 106 cm³/mol. The maximum absolute atomic E-state index is 12.7. The number of fused-ring (bicyclic) bond motifs is 1. The van der Waals surface area contributed by atoms with Crippen LogP contribution in [0.25, 0.3) is 10.8 Å². The molecule has 1 saturated carbocycles. The summed E-state index contributed by atoms with van der Waals surface area (Å²) < 4.78 is 0. The highest BCUT2D eigenvalue weighted by Crippen LogP contribution is 2.37. The molecule has 3 aromatic rings. The highest BCUT2D eigenvalue weighted by Gasteiger charge is 2.38. The third-order valence-corrected chi connectivity index (χ3v) is 5.38. The fourth-order valence-electron chi connectivity index (χ4n) is 3.99. The summed E-state index contributed by atoms with van der Waals surface area (Å²) in [5, 5.41) is 17.5. The van der Waals surface area contributed by atoms with E-state index >= 15 is 0 Å². The normalized spacial score (nSPS) is 15.1.